The second-order valence-corrected chi connectivity index (χ2v) is 4.76. The molecule has 104 valence electrons. The van der Waals surface area contributed by atoms with Gasteiger partial charge in [-0.15, -0.1) is 0 Å². The molecule has 0 aliphatic rings. The fraction of sp³-hybridized carbons (Fsp3) is 0.133. The third-order valence-corrected chi connectivity index (χ3v) is 3.36. The molecule has 0 fully saturated rings. The Morgan fingerprint density at radius 1 is 1.20 bits per heavy atom. The van der Waals surface area contributed by atoms with Crippen LogP contribution >= 0.6 is 11.6 Å². The number of hydrogen-bond donors (Lipinski definition) is 1. The lowest BCUT2D eigenvalue weighted by molar-refractivity contribution is -0.138. The van der Waals surface area contributed by atoms with E-state index in [1.165, 1.54) is 6.07 Å². The molecule has 2 nitrogen and oxygen atoms in total. The number of halogens is 3. The third kappa shape index (κ3) is 3.14. The highest BCUT2D eigenvalue weighted by atomic mass is 35.5. The van der Waals surface area contributed by atoms with Crippen LogP contribution in [0.3, 0.4) is 0 Å². The summed E-state index contributed by atoms with van der Waals surface area (Å²) in [6, 6.07) is 9.60. The molecular weight excluding hydrogens is 286 g/mol. The SMILES string of the molecule is O=C(O)C(Cc1ccc(F)cc1F)c1ccccc1Cl. The van der Waals surface area contributed by atoms with Crippen molar-refractivity contribution in [3.63, 3.8) is 0 Å². The maximum atomic E-state index is 13.6. The molecule has 0 aliphatic heterocycles. The summed E-state index contributed by atoms with van der Waals surface area (Å²) in [6.45, 7) is 0. The Kier molecular flexibility index (Phi) is 4.35. The molecule has 20 heavy (non-hydrogen) atoms. The molecule has 1 unspecified atom stereocenters. The van der Waals surface area contributed by atoms with Crippen LogP contribution in [0.2, 0.25) is 5.02 Å². The minimum atomic E-state index is -1.11. The van der Waals surface area contributed by atoms with Crippen molar-refractivity contribution in [2.75, 3.05) is 0 Å². The zero-order valence-electron chi connectivity index (χ0n) is 10.3. The fourth-order valence-electron chi connectivity index (χ4n) is 2.00. The van der Waals surface area contributed by atoms with E-state index in [1.807, 2.05) is 0 Å². The van der Waals surface area contributed by atoms with Crippen molar-refractivity contribution >= 4 is 17.6 Å². The van der Waals surface area contributed by atoms with E-state index in [2.05, 4.69) is 0 Å². The summed E-state index contributed by atoms with van der Waals surface area (Å²) in [7, 11) is 0. The monoisotopic (exact) mass is 296 g/mol. The summed E-state index contributed by atoms with van der Waals surface area (Å²) < 4.78 is 26.5. The number of carboxylic acid groups (broad SMARTS) is 1. The molecule has 0 radical (unpaired) electrons. The van der Waals surface area contributed by atoms with Gasteiger partial charge in [0.15, 0.2) is 0 Å². The van der Waals surface area contributed by atoms with E-state index in [0.717, 1.165) is 12.1 Å². The van der Waals surface area contributed by atoms with Crippen molar-refractivity contribution in [3.8, 4) is 0 Å². The second kappa shape index (κ2) is 6.01. The lowest BCUT2D eigenvalue weighted by Crippen LogP contribution is -2.15. The molecule has 0 spiro atoms. The minimum absolute atomic E-state index is 0.0921. The lowest BCUT2D eigenvalue weighted by Gasteiger charge is -2.14. The smallest absolute Gasteiger partial charge is 0.311 e. The summed E-state index contributed by atoms with van der Waals surface area (Å²) in [5.41, 5.74) is 0.545. The van der Waals surface area contributed by atoms with Crippen molar-refractivity contribution in [2.24, 2.45) is 0 Å². The molecule has 0 amide bonds. The molecule has 0 bridgehead atoms. The van der Waals surface area contributed by atoms with Crippen LogP contribution in [0.1, 0.15) is 17.0 Å². The molecule has 0 saturated carbocycles. The molecule has 0 saturated heterocycles. The van der Waals surface area contributed by atoms with E-state index >= 15 is 0 Å². The van der Waals surface area contributed by atoms with E-state index in [0.29, 0.717) is 10.6 Å². The van der Waals surface area contributed by atoms with Crippen LogP contribution in [0.5, 0.6) is 0 Å². The van der Waals surface area contributed by atoms with Crippen molar-refractivity contribution in [1.29, 1.82) is 0 Å². The fourth-order valence-corrected chi connectivity index (χ4v) is 2.26. The number of rotatable bonds is 4. The van der Waals surface area contributed by atoms with Crippen molar-refractivity contribution in [2.45, 2.75) is 12.3 Å². The summed E-state index contributed by atoms with van der Waals surface area (Å²) in [5.74, 6) is -3.55. The lowest BCUT2D eigenvalue weighted by atomic mass is 9.92. The molecule has 0 aliphatic carbocycles. The van der Waals surface area contributed by atoms with Gasteiger partial charge in [-0.1, -0.05) is 35.9 Å². The highest BCUT2D eigenvalue weighted by molar-refractivity contribution is 6.31. The van der Waals surface area contributed by atoms with Crippen LogP contribution in [0.15, 0.2) is 42.5 Å². The van der Waals surface area contributed by atoms with E-state index in [9.17, 15) is 18.7 Å². The normalized spacial score (nSPS) is 12.2. The standard InChI is InChI=1S/C15H11ClF2O2/c16-13-4-2-1-3-11(13)12(15(19)20)7-9-5-6-10(17)8-14(9)18/h1-6,8,12H,7H2,(H,19,20). The van der Waals surface area contributed by atoms with Gasteiger partial charge in [0.25, 0.3) is 0 Å². The molecular formula is C15H11ClF2O2. The van der Waals surface area contributed by atoms with Gasteiger partial charge in [0.1, 0.15) is 11.6 Å². The largest absolute Gasteiger partial charge is 0.481 e. The molecule has 5 heteroatoms. The van der Waals surface area contributed by atoms with Crippen LogP contribution < -0.4 is 0 Å². The summed E-state index contributed by atoms with van der Waals surface area (Å²) in [6.07, 6.45) is -0.0921. The maximum Gasteiger partial charge on any atom is 0.311 e. The van der Waals surface area contributed by atoms with Gasteiger partial charge in [-0.05, 0) is 29.7 Å². The Morgan fingerprint density at radius 3 is 2.50 bits per heavy atom. The first-order valence-electron chi connectivity index (χ1n) is 5.90. The molecule has 1 N–H and O–H groups in total. The van der Waals surface area contributed by atoms with Gasteiger partial charge in [0, 0.05) is 11.1 Å². The quantitative estimate of drug-likeness (QED) is 0.925. The van der Waals surface area contributed by atoms with E-state index in [1.54, 1.807) is 24.3 Å². The molecule has 2 rings (SSSR count). The average Bonchev–Trinajstić information content (AvgIpc) is 2.39. The van der Waals surface area contributed by atoms with Gasteiger partial charge in [-0.2, -0.15) is 0 Å². The van der Waals surface area contributed by atoms with E-state index in [-0.39, 0.29) is 12.0 Å². The third-order valence-electron chi connectivity index (χ3n) is 3.02. The number of carboxylic acids is 1. The molecule has 1 atom stereocenters. The Morgan fingerprint density at radius 2 is 1.90 bits per heavy atom. The number of aliphatic carboxylic acids is 1. The zero-order chi connectivity index (χ0) is 14.7. The van der Waals surface area contributed by atoms with Gasteiger partial charge < -0.3 is 5.11 Å². The van der Waals surface area contributed by atoms with E-state index in [4.69, 9.17) is 11.6 Å². The summed E-state index contributed by atoms with van der Waals surface area (Å²) in [4.78, 5) is 11.4. The van der Waals surface area contributed by atoms with Crippen LogP contribution in [-0.2, 0) is 11.2 Å². The molecule has 2 aromatic rings. The Labute approximate surface area is 119 Å². The Hall–Kier alpha value is -1.94. The maximum absolute atomic E-state index is 13.6. The van der Waals surface area contributed by atoms with Crippen molar-refractivity contribution in [3.05, 3.63) is 70.2 Å². The second-order valence-electron chi connectivity index (χ2n) is 4.35. The molecule has 2 aromatic carbocycles. The minimum Gasteiger partial charge on any atom is -0.481 e. The average molecular weight is 297 g/mol. The first kappa shape index (κ1) is 14.5. The highest BCUT2D eigenvalue weighted by Gasteiger charge is 2.23. The van der Waals surface area contributed by atoms with Crippen molar-refractivity contribution in [1.82, 2.24) is 0 Å². The molecule has 0 aromatic heterocycles. The van der Waals surface area contributed by atoms with Gasteiger partial charge in [-0.3, -0.25) is 4.79 Å². The van der Waals surface area contributed by atoms with Crippen LogP contribution in [0, 0.1) is 11.6 Å². The number of benzene rings is 2. The highest BCUT2D eigenvalue weighted by Crippen LogP contribution is 2.28. The number of carbonyl (C=O) groups is 1. The molecule has 0 heterocycles. The van der Waals surface area contributed by atoms with Crippen LogP contribution in [0.25, 0.3) is 0 Å². The Bertz CT molecular complexity index is 644. The van der Waals surface area contributed by atoms with Gasteiger partial charge in [0.2, 0.25) is 0 Å². The predicted molar refractivity (Wildman–Crippen MR) is 71.9 cm³/mol. The zero-order valence-corrected chi connectivity index (χ0v) is 11.1. The van der Waals surface area contributed by atoms with Crippen LogP contribution in [0.4, 0.5) is 8.78 Å². The first-order valence-corrected chi connectivity index (χ1v) is 6.28. The van der Waals surface area contributed by atoms with Gasteiger partial charge in [-0.25, -0.2) is 8.78 Å². The van der Waals surface area contributed by atoms with Gasteiger partial charge in [0.05, 0.1) is 5.92 Å². The van der Waals surface area contributed by atoms with Crippen LogP contribution in [-0.4, -0.2) is 11.1 Å². The topological polar surface area (TPSA) is 37.3 Å². The summed E-state index contributed by atoms with van der Waals surface area (Å²) >= 11 is 5.98. The number of hydrogen-bond acceptors (Lipinski definition) is 1. The van der Waals surface area contributed by atoms with Gasteiger partial charge >= 0.3 is 5.97 Å². The van der Waals surface area contributed by atoms with Crippen molar-refractivity contribution < 1.29 is 18.7 Å². The first-order chi connectivity index (χ1) is 9.49. The summed E-state index contributed by atoms with van der Waals surface area (Å²) in [5, 5.41) is 9.61. The van der Waals surface area contributed by atoms with E-state index < -0.39 is 23.5 Å². The predicted octanol–water partition coefficient (Wildman–Crippen LogP) is 4.03. The Balaban J connectivity index is 2.36.